The van der Waals surface area contributed by atoms with Crippen LogP contribution in [0.5, 0.6) is 11.5 Å². The van der Waals surface area contributed by atoms with Gasteiger partial charge in [0.15, 0.2) is 0 Å². The van der Waals surface area contributed by atoms with E-state index in [0.29, 0.717) is 12.4 Å². The van der Waals surface area contributed by atoms with Gasteiger partial charge in [-0.25, -0.2) is 5.43 Å². The van der Waals surface area contributed by atoms with Crippen molar-refractivity contribution in [2.24, 2.45) is 5.10 Å². The number of hydrogen-bond donors (Lipinski definition) is 2. The molecule has 0 spiro atoms. The Balaban J connectivity index is 1.89. The third-order valence-corrected chi connectivity index (χ3v) is 3.74. The van der Waals surface area contributed by atoms with Crippen molar-refractivity contribution in [1.82, 2.24) is 5.43 Å². The summed E-state index contributed by atoms with van der Waals surface area (Å²) in [7, 11) is 0. The van der Waals surface area contributed by atoms with E-state index in [-0.39, 0.29) is 11.3 Å². The molecule has 25 heavy (non-hydrogen) atoms. The first kappa shape index (κ1) is 16.5. The molecule has 5 nitrogen and oxygen atoms in total. The number of carbonyl (C=O) groups excluding carboxylic acids is 1. The fourth-order valence-corrected chi connectivity index (χ4v) is 2.57. The number of nitrogens with one attached hydrogen (secondary N) is 1. The van der Waals surface area contributed by atoms with Gasteiger partial charge in [-0.15, -0.1) is 0 Å². The number of fused-ring (bicyclic) bond motifs is 1. The number of amides is 1. The molecule has 2 N–H and O–H groups in total. The Bertz CT molecular complexity index is 935. The number of phenols is 1. The van der Waals surface area contributed by atoms with Crippen LogP contribution < -0.4 is 10.2 Å². The number of phenolic OH excluding ortho intramolecular Hbond substituents is 1. The molecular weight excluding hydrogens is 316 g/mol. The maximum absolute atomic E-state index is 12.1. The van der Waals surface area contributed by atoms with Crippen LogP contribution in [0.25, 0.3) is 10.8 Å². The third kappa shape index (κ3) is 3.61. The fraction of sp³-hybridized carbons (Fsp3) is 0.100. The van der Waals surface area contributed by atoms with Gasteiger partial charge in [-0.3, -0.25) is 4.79 Å². The molecule has 1 amide bonds. The molecule has 0 aromatic heterocycles. The minimum absolute atomic E-state index is 0.0876. The third-order valence-electron chi connectivity index (χ3n) is 3.74. The Labute approximate surface area is 145 Å². The minimum atomic E-state index is -0.479. The molecule has 0 aliphatic carbocycles. The highest BCUT2D eigenvalue weighted by Crippen LogP contribution is 2.26. The van der Waals surface area contributed by atoms with E-state index in [4.69, 9.17) is 4.74 Å². The van der Waals surface area contributed by atoms with Crippen molar-refractivity contribution >= 4 is 22.9 Å². The molecule has 0 aliphatic heterocycles. The predicted molar refractivity (Wildman–Crippen MR) is 98.3 cm³/mol. The van der Waals surface area contributed by atoms with E-state index in [1.54, 1.807) is 18.3 Å². The lowest BCUT2D eigenvalue weighted by Crippen LogP contribution is -2.17. The molecule has 3 rings (SSSR count). The zero-order valence-electron chi connectivity index (χ0n) is 13.8. The van der Waals surface area contributed by atoms with E-state index in [2.05, 4.69) is 10.5 Å². The van der Waals surface area contributed by atoms with Gasteiger partial charge in [-0.05, 0) is 35.9 Å². The number of nitrogens with zero attached hydrogens (tertiary/aromatic N) is 1. The Morgan fingerprint density at radius 1 is 1.12 bits per heavy atom. The quantitative estimate of drug-likeness (QED) is 0.552. The van der Waals surface area contributed by atoms with Crippen LogP contribution in [0.15, 0.2) is 65.8 Å². The first-order valence-electron chi connectivity index (χ1n) is 7.96. The molecule has 0 unspecified atom stereocenters. The number of hydrogen-bond acceptors (Lipinski definition) is 4. The summed E-state index contributed by atoms with van der Waals surface area (Å²) in [6, 6.07) is 18.1. The van der Waals surface area contributed by atoms with Gasteiger partial charge < -0.3 is 9.84 Å². The molecule has 0 fully saturated rings. The predicted octanol–water partition coefficient (Wildman–Crippen LogP) is 3.71. The average molecular weight is 334 g/mol. The number of para-hydroxylation sites is 1. The van der Waals surface area contributed by atoms with Gasteiger partial charge >= 0.3 is 0 Å². The number of rotatable bonds is 5. The SMILES string of the molecule is CCOc1ccc2ccccc2c1/C=N/NC(=O)c1ccccc1O. The van der Waals surface area contributed by atoms with Gasteiger partial charge in [-0.1, -0.05) is 42.5 Å². The summed E-state index contributed by atoms with van der Waals surface area (Å²) in [6.45, 7) is 2.44. The van der Waals surface area contributed by atoms with E-state index < -0.39 is 5.91 Å². The highest BCUT2D eigenvalue weighted by atomic mass is 16.5. The maximum Gasteiger partial charge on any atom is 0.275 e. The molecule has 0 radical (unpaired) electrons. The molecule has 5 heteroatoms. The van der Waals surface area contributed by atoms with Crippen LogP contribution in [-0.4, -0.2) is 23.8 Å². The van der Waals surface area contributed by atoms with Crippen molar-refractivity contribution < 1.29 is 14.6 Å². The first-order valence-corrected chi connectivity index (χ1v) is 7.96. The summed E-state index contributed by atoms with van der Waals surface area (Å²) in [6.07, 6.45) is 1.56. The van der Waals surface area contributed by atoms with Crippen LogP contribution in [0.1, 0.15) is 22.8 Å². The zero-order valence-corrected chi connectivity index (χ0v) is 13.8. The van der Waals surface area contributed by atoms with Crippen molar-refractivity contribution in [3.63, 3.8) is 0 Å². The standard InChI is InChI=1S/C20H18N2O3/c1-2-25-19-12-11-14-7-3-4-8-15(14)17(19)13-21-22-20(24)16-9-5-6-10-18(16)23/h3-13,23H,2H2,1H3,(H,22,24)/b21-13+. The molecule has 0 heterocycles. The second-order valence-corrected chi connectivity index (χ2v) is 5.35. The van der Waals surface area contributed by atoms with E-state index in [1.807, 2.05) is 43.3 Å². The Morgan fingerprint density at radius 2 is 1.88 bits per heavy atom. The van der Waals surface area contributed by atoms with Crippen molar-refractivity contribution in [3.8, 4) is 11.5 Å². The van der Waals surface area contributed by atoms with Crippen molar-refractivity contribution in [3.05, 3.63) is 71.8 Å². The van der Waals surface area contributed by atoms with Crippen molar-refractivity contribution in [1.29, 1.82) is 0 Å². The number of carbonyl (C=O) groups is 1. The van der Waals surface area contributed by atoms with Crippen LogP contribution in [-0.2, 0) is 0 Å². The van der Waals surface area contributed by atoms with E-state index in [1.165, 1.54) is 12.1 Å². The number of aromatic hydroxyl groups is 1. The molecule has 0 aliphatic rings. The Morgan fingerprint density at radius 3 is 2.68 bits per heavy atom. The largest absolute Gasteiger partial charge is 0.507 e. The van der Waals surface area contributed by atoms with Gasteiger partial charge in [0.05, 0.1) is 18.4 Å². The summed E-state index contributed by atoms with van der Waals surface area (Å²) in [5.74, 6) is 0.129. The van der Waals surface area contributed by atoms with Crippen LogP contribution in [0.3, 0.4) is 0 Å². The van der Waals surface area contributed by atoms with Crippen molar-refractivity contribution in [2.75, 3.05) is 6.61 Å². The van der Waals surface area contributed by atoms with Gasteiger partial charge in [0.25, 0.3) is 5.91 Å². The van der Waals surface area contributed by atoms with Gasteiger partial charge in [0, 0.05) is 5.56 Å². The first-order chi connectivity index (χ1) is 12.2. The molecule has 0 saturated heterocycles. The molecular formula is C20H18N2O3. The molecule has 0 bridgehead atoms. The summed E-state index contributed by atoms with van der Waals surface area (Å²) >= 11 is 0. The lowest BCUT2D eigenvalue weighted by molar-refractivity contribution is 0.0952. The second kappa shape index (κ2) is 7.49. The van der Waals surface area contributed by atoms with Crippen LogP contribution in [0, 0.1) is 0 Å². The van der Waals surface area contributed by atoms with E-state index >= 15 is 0 Å². The monoisotopic (exact) mass is 334 g/mol. The Kier molecular flexibility index (Phi) is 4.95. The maximum atomic E-state index is 12.1. The molecule has 0 saturated carbocycles. The van der Waals surface area contributed by atoms with Gasteiger partial charge in [0.1, 0.15) is 11.5 Å². The topological polar surface area (TPSA) is 70.9 Å². The smallest absolute Gasteiger partial charge is 0.275 e. The van der Waals surface area contributed by atoms with Crippen LogP contribution in [0.2, 0.25) is 0 Å². The molecule has 3 aromatic carbocycles. The van der Waals surface area contributed by atoms with Crippen molar-refractivity contribution in [2.45, 2.75) is 6.92 Å². The molecule has 3 aromatic rings. The van der Waals surface area contributed by atoms with E-state index in [9.17, 15) is 9.90 Å². The van der Waals surface area contributed by atoms with Gasteiger partial charge in [-0.2, -0.15) is 5.10 Å². The highest BCUT2D eigenvalue weighted by molar-refractivity contribution is 6.03. The summed E-state index contributed by atoms with van der Waals surface area (Å²) in [5.41, 5.74) is 3.40. The summed E-state index contributed by atoms with van der Waals surface area (Å²) in [5, 5.41) is 15.8. The lowest BCUT2D eigenvalue weighted by atomic mass is 10.0. The molecule has 0 atom stereocenters. The number of ether oxygens (including phenoxy) is 1. The normalized spacial score (nSPS) is 10.9. The zero-order chi connectivity index (χ0) is 17.6. The van der Waals surface area contributed by atoms with E-state index in [0.717, 1.165) is 16.3 Å². The second-order valence-electron chi connectivity index (χ2n) is 5.35. The fourth-order valence-electron chi connectivity index (χ4n) is 2.57. The lowest BCUT2D eigenvalue weighted by Gasteiger charge is -2.10. The van der Waals surface area contributed by atoms with Crippen LogP contribution >= 0.6 is 0 Å². The highest BCUT2D eigenvalue weighted by Gasteiger charge is 2.10. The van der Waals surface area contributed by atoms with Crippen LogP contribution in [0.4, 0.5) is 0 Å². The number of hydrazone groups is 1. The Hall–Kier alpha value is -3.34. The number of benzene rings is 3. The summed E-state index contributed by atoms with van der Waals surface area (Å²) in [4.78, 5) is 12.1. The minimum Gasteiger partial charge on any atom is -0.507 e. The average Bonchev–Trinajstić information content (AvgIpc) is 2.63. The van der Waals surface area contributed by atoms with Gasteiger partial charge in [0.2, 0.25) is 0 Å². The molecule has 126 valence electrons. The summed E-state index contributed by atoms with van der Waals surface area (Å²) < 4.78 is 5.66.